The second kappa shape index (κ2) is 7.85. The Morgan fingerprint density at radius 3 is 2.89 bits per heavy atom. The SMILES string of the molecule is CCCC(C)COc1ccc(Cl)cc1C=CC(=O)O. The highest BCUT2D eigenvalue weighted by Gasteiger charge is 2.06. The fourth-order valence-corrected chi connectivity index (χ4v) is 1.93. The first kappa shape index (κ1) is 15.6. The summed E-state index contributed by atoms with van der Waals surface area (Å²) < 4.78 is 5.74. The van der Waals surface area contributed by atoms with E-state index in [0.717, 1.165) is 18.9 Å². The lowest BCUT2D eigenvalue weighted by atomic mass is 10.1. The molecule has 0 fully saturated rings. The number of rotatable bonds is 7. The van der Waals surface area contributed by atoms with Gasteiger partial charge in [-0.25, -0.2) is 4.79 Å². The summed E-state index contributed by atoms with van der Waals surface area (Å²) in [5.74, 6) is 0.132. The van der Waals surface area contributed by atoms with Crippen LogP contribution in [0.3, 0.4) is 0 Å². The Morgan fingerprint density at radius 1 is 1.53 bits per heavy atom. The van der Waals surface area contributed by atoms with Gasteiger partial charge < -0.3 is 9.84 Å². The van der Waals surface area contributed by atoms with Crippen molar-refractivity contribution in [1.82, 2.24) is 0 Å². The van der Waals surface area contributed by atoms with Gasteiger partial charge in [0.15, 0.2) is 0 Å². The maximum atomic E-state index is 10.6. The van der Waals surface area contributed by atoms with Crippen LogP contribution in [0.25, 0.3) is 6.08 Å². The largest absolute Gasteiger partial charge is 0.493 e. The maximum Gasteiger partial charge on any atom is 0.328 e. The van der Waals surface area contributed by atoms with Crippen LogP contribution in [-0.2, 0) is 4.79 Å². The molecule has 1 N–H and O–H groups in total. The van der Waals surface area contributed by atoms with Crippen molar-refractivity contribution in [3.63, 3.8) is 0 Å². The Labute approximate surface area is 118 Å². The van der Waals surface area contributed by atoms with Gasteiger partial charge in [-0.05, 0) is 36.6 Å². The predicted molar refractivity (Wildman–Crippen MR) is 77.7 cm³/mol. The zero-order valence-corrected chi connectivity index (χ0v) is 12.0. The molecular formula is C15H19ClO3. The second-order valence-electron chi connectivity index (χ2n) is 4.56. The van der Waals surface area contributed by atoms with E-state index in [0.29, 0.717) is 28.9 Å². The van der Waals surface area contributed by atoms with Gasteiger partial charge in [-0.3, -0.25) is 0 Å². The summed E-state index contributed by atoms with van der Waals surface area (Å²) in [4.78, 5) is 10.6. The van der Waals surface area contributed by atoms with E-state index in [1.165, 1.54) is 6.08 Å². The second-order valence-corrected chi connectivity index (χ2v) is 5.00. The lowest BCUT2D eigenvalue weighted by Crippen LogP contribution is -2.08. The van der Waals surface area contributed by atoms with Crippen molar-refractivity contribution in [2.24, 2.45) is 5.92 Å². The Bertz CT molecular complexity index is 455. The fourth-order valence-electron chi connectivity index (χ4n) is 1.75. The van der Waals surface area contributed by atoms with Gasteiger partial charge in [-0.15, -0.1) is 0 Å². The van der Waals surface area contributed by atoms with E-state index < -0.39 is 5.97 Å². The third-order valence-corrected chi connectivity index (χ3v) is 2.92. The molecule has 0 aliphatic heterocycles. The van der Waals surface area contributed by atoms with E-state index >= 15 is 0 Å². The molecule has 1 atom stereocenters. The molecule has 0 aliphatic rings. The van der Waals surface area contributed by atoms with E-state index in [2.05, 4.69) is 13.8 Å². The van der Waals surface area contributed by atoms with Crippen LogP contribution >= 0.6 is 11.6 Å². The van der Waals surface area contributed by atoms with Gasteiger partial charge in [-0.2, -0.15) is 0 Å². The molecule has 0 spiro atoms. The highest BCUT2D eigenvalue weighted by atomic mass is 35.5. The van der Waals surface area contributed by atoms with E-state index in [-0.39, 0.29) is 0 Å². The molecule has 1 unspecified atom stereocenters. The van der Waals surface area contributed by atoms with Gasteiger partial charge >= 0.3 is 5.97 Å². The topological polar surface area (TPSA) is 46.5 Å². The van der Waals surface area contributed by atoms with Crippen molar-refractivity contribution in [2.75, 3.05) is 6.61 Å². The third kappa shape index (κ3) is 5.79. The van der Waals surface area contributed by atoms with E-state index in [1.54, 1.807) is 18.2 Å². The Morgan fingerprint density at radius 2 is 2.26 bits per heavy atom. The maximum absolute atomic E-state index is 10.6. The number of carbonyl (C=O) groups is 1. The first-order valence-electron chi connectivity index (χ1n) is 6.36. The van der Waals surface area contributed by atoms with Crippen molar-refractivity contribution >= 4 is 23.6 Å². The normalized spacial score (nSPS) is 12.6. The molecule has 0 aliphatic carbocycles. The first-order chi connectivity index (χ1) is 9.02. The number of hydrogen-bond acceptors (Lipinski definition) is 2. The molecule has 0 heterocycles. The Balaban J connectivity index is 2.79. The van der Waals surface area contributed by atoms with Crippen LogP contribution in [0.2, 0.25) is 5.02 Å². The fraction of sp³-hybridized carbons (Fsp3) is 0.400. The third-order valence-electron chi connectivity index (χ3n) is 2.68. The molecule has 0 saturated heterocycles. The molecule has 0 aromatic heterocycles. The molecule has 4 heteroatoms. The van der Waals surface area contributed by atoms with Gasteiger partial charge in [0.05, 0.1) is 6.61 Å². The molecule has 1 rings (SSSR count). The summed E-state index contributed by atoms with van der Waals surface area (Å²) in [6.07, 6.45) is 4.80. The summed E-state index contributed by atoms with van der Waals surface area (Å²) in [5.41, 5.74) is 0.679. The average molecular weight is 283 g/mol. The number of carboxylic acid groups (broad SMARTS) is 1. The molecule has 0 saturated carbocycles. The van der Waals surface area contributed by atoms with Gasteiger partial charge in [0.1, 0.15) is 5.75 Å². The summed E-state index contributed by atoms with van der Waals surface area (Å²) in [6, 6.07) is 5.20. The summed E-state index contributed by atoms with van der Waals surface area (Å²) in [6.45, 7) is 4.88. The van der Waals surface area contributed by atoms with E-state index in [9.17, 15) is 4.79 Å². The molecule has 104 valence electrons. The minimum absolute atomic E-state index is 0.469. The van der Waals surface area contributed by atoms with Crippen LogP contribution in [0, 0.1) is 5.92 Å². The van der Waals surface area contributed by atoms with E-state index in [4.69, 9.17) is 21.4 Å². The van der Waals surface area contributed by atoms with Crippen LogP contribution in [0.15, 0.2) is 24.3 Å². The van der Waals surface area contributed by atoms with Crippen LogP contribution in [0.5, 0.6) is 5.75 Å². The predicted octanol–water partition coefficient (Wildman–Crippen LogP) is 4.25. The number of carboxylic acids is 1. The number of aliphatic carboxylic acids is 1. The van der Waals surface area contributed by atoms with Gasteiger partial charge in [0, 0.05) is 16.7 Å². The molecule has 3 nitrogen and oxygen atoms in total. The monoisotopic (exact) mass is 282 g/mol. The van der Waals surface area contributed by atoms with Gasteiger partial charge in [0.2, 0.25) is 0 Å². The van der Waals surface area contributed by atoms with Gasteiger partial charge in [-0.1, -0.05) is 31.9 Å². The quantitative estimate of drug-likeness (QED) is 0.760. The average Bonchev–Trinajstić information content (AvgIpc) is 2.35. The van der Waals surface area contributed by atoms with Crippen LogP contribution in [0.4, 0.5) is 0 Å². The van der Waals surface area contributed by atoms with Gasteiger partial charge in [0.25, 0.3) is 0 Å². The highest BCUT2D eigenvalue weighted by molar-refractivity contribution is 6.30. The van der Waals surface area contributed by atoms with Crippen molar-refractivity contribution in [2.45, 2.75) is 26.7 Å². The number of hydrogen-bond donors (Lipinski definition) is 1. The van der Waals surface area contributed by atoms with Crippen molar-refractivity contribution in [3.8, 4) is 5.75 Å². The zero-order chi connectivity index (χ0) is 14.3. The molecular weight excluding hydrogens is 264 g/mol. The molecule has 0 bridgehead atoms. The summed E-state index contributed by atoms with van der Waals surface area (Å²) in [5, 5.41) is 9.22. The molecule has 19 heavy (non-hydrogen) atoms. The van der Waals surface area contributed by atoms with Crippen LogP contribution in [-0.4, -0.2) is 17.7 Å². The molecule has 1 aromatic carbocycles. The smallest absolute Gasteiger partial charge is 0.328 e. The highest BCUT2D eigenvalue weighted by Crippen LogP contribution is 2.25. The standard InChI is InChI=1S/C15H19ClO3/c1-3-4-11(2)10-19-14-7-6-13(16)9-12(14)5-8-15(17)18/h5-9,11H,3-4,10H2,1-2H3,(H,17,18). The number of ether oxygens (including phenoxy) is 1. The molecule has 0 amide bonds. The van der Waals surface area contributed by atoms with Crippen LogP contribution in [0.1, 0.15) is 32.3 Å². The zero-order valence-electron chi connectivity index (χ0n) is 11.2. The Kier molecular flexibility index (Phi) is 6.43. The first-order valence-corrected chi connectivity index (χ1v) is 6.74. The van der Waals surface area contributed by atoms with Crippen molar-refractivity contribution in [1.29, 1.82) is 0 Å². The molecule has 0 radical (unpaired) electrons. The lowest BCUT2D eigenvalue weighted by molar-refractivity contribution is -0.131. The lowest BCUT2D eigenvalue weighted by Gasteiger charge is -2.14. The Hall–Kier alpha value is -1.48. The number of halogens is 1. The van der Waals surface area contributed by atoms with E-state index in [1.807, 2.05) is 0 Å². The minimum atomic E-state index is -0.995. The minimum Gasteiger partial charge on any atom is -0.493 e. The van der Waals surface area contributed by atoms with Crippen molar-refractivity contribution in [3.05, 3.63) is 34.9 Å². The number of benzene rings is 1. The summed E-state index contributed by atoms with van der Waals surface area (Å²) in [7, 11) is 0. The summed E-state index contributed by atoms with van der Waals surface area (Å²) >= 11 is 5.91. The van der Waals surface area contributed by atoms with Crippen molar-refractivity contribution < 1.29 is 14.6 Å². The molecule has 1 aromatic rings. The van der Waals surface area contributed by atoms with Crippen LogP contribution < -0.4 is 4.74 Å².